The first-order valence-electron chi connectivity index (χ1n) is 21.8. The number of phosphoric ester groups is 1. The molecule has 0 spiro atoms. The number of aliphatic hydroxyl groups is 5. The van der Waals surface area contributed by atoms with Crippen LogP contribution in [0.2, 0.25) is 0 Å². The molecule has 0 heterocycles. The van der Waals surface area contributed by atoms with E-state index in [0.717, 1.165) is 64.2 Å². The Labute approximate surface area is 342 Å². The Morgan fingerprint density at radius 1 is 0.544 bits per heavy atom. The predicted molar refractivity (Wildman–Crippen MR) is 221 cm³/mol. The minimum absolute atomic E-state index is 0.0728. The van der Waals surface area contributed by atoms with Crippen LogP contribution < -0.4 is 0 Å². The molecule has 1 aliphatic carbocycles. The highest BCUT2D eigenvalue weighted by Gasteiger charge is 2.51. The van der Waals surface area contributed by atoms with E-state index in [1.165, 1.54) is 64.2 Å². The lowest BCUT2D eigenvalue weighted by molar-refractivity contribution is -0.220. The highest BCUT2D eigenvalue weighted by molar-refractivity contribution is 7.47. The average molecular weight is 833 g/mol. The molecule has 57 heavy (non-hydrogen) atoms. The van der Waals surface area contributed by atoms with Crippen LogP contribution >= 0.6 is 7.82 Å². The number of aliphatic hydroxyl groups excluding tert-OH is 5. The summed E-state index contributed by atoms with van der Waals surface area (Å²) in [5, 5.41) is 50.0. The summed E-state index contributed by atoms with van der Waals surface area (Å²) in [6.07, 6.45) is 23.5. The summed E-state index contributed by atoms with van der Waals surface area (Å²) in [6, 6.07) is 0. The maximum absolute atomic E-state index is 12.8. The average Bonchev–Trinajstić information content (AvgIpc) is 3.19. The maximum Gasteiger partial charge on any atom is 0.472 e. The first-order valence-corrected chi connectivity index (χ1v) is 23.3. The van der Waals surface area contributed by atoms with Crippen LogP contribution in [-0.2, 0) is 32.7 Å². The molecule has 1 aliphatic rings. The minimum Gasteiger partial charge on any atom is -0.462 e. The molecule has 1 saturated carbocycles. The second-order valence-electron chi connectivity index (χ2n) is 15.2. The fourth-order valence-corrected chi connectivity index (χ4v) is 7.36. The molecule has 1 fully saturated rings. The van der Waals surface area contributed by atoms with Gasteiger partial charge in [0.1, 0.15) is 43.2 Å². The molecule has 0 aromatic rings. The van der Waals surface area contributed by atoms with Crippen LogP contribution in [0.25, 0.3) is 0 Å². The Balaban J connectivity index is 2.52. The van der Waals surface area contributed by atoms with Crippen LogP contribution in [0.3, 0.4) is 0 Å². The van der Waals surface area contributed by atoms with Crippen LogP contribution in [0, 0.1) is 0 Å². The van der Waals surface area contributed by atoms with Gasteiger partial charge in [-0.25, -0.2) is 4.57 Å². The SMILES string of the molecule is CCCCCC/C=C/C=C/CCCCCCCC(=O)OC[C@@H](COP(=O)(O)OC1C(O)C(O)C(O)[C@H](O)C1O)OC(=O)CCCCC/C=C/CCCCCCCC. The zero-order valence-corrected chi connectivity index (χ0v) is 35.8. The molecule has 8 atom stereocenters. The molecule has 14 heteroatoms. The third-order valence-corrected chi connectivity index (χ3v) is 11.0. The predicted octanol–water partition coefficient (Wildman–Crippen LogP) is 7.83. The Morgan fingerprint density at radius 3 is 1.47 bits per heavy atom. The van der Waals surface area contributed by atoms with Gasteiger partial charge in [0.25, 0.3) is 0 Å². The summed E-state index contributed by atoms with van der Waals surface area (Å²) in [4.78, 5) is 35.6. The van der Waals surface area contributed by atoms with Gasteiger partial charge in [-0.3, -0.25) is 18.6 Å². The number of unbranched alkanes of at least 4 members (excludes halogenated alkanes) is 18. The summed E-state index contributed by atoms with van der Waals surface area (Å²) in [6.45, 7) is 3.23. The highest BCUT2D eigenvalue weighted by Crippen LogP contribution is 2.47. The summed E-state index contributed by atoms with van der Waals surface area (Å²) in [7, 11) is -5.12. The first kappa shape index (κ1) is 53.1. The summed E-state index contributed by atoms with van der Waals surface area (Å²) in [5.74, 6) is -1.14. The first-order chi connectivity index (χ1) is 27.4. The van der Waals surface area contributed by atoms with Crippen molar-refractivity contribution in [1.82, 2.24) is 0 Å². The Kier molecular flexibility index (Phi) is 31.5. The molecule has 332 valence electrons. The fourth-order valence-electron chi connectivity index (χ4n) is 6.39. The highest BCUT2D eigenvalue weighted by atomic mass is 31.2. The van der Waals surface area contributed by atoms with Crippen molar-refractivity contribution < 1.29 is 63.1 Å². The number of hydrogen-bond donors (Lipinski definition) is 6. The standard InChI is InChI=1S/C43H77O13P/c1-3-5-7-9-11-13-15-17-18-20-21-23-25-27-29-31-36(44)53-33-35(34-54-57(51,52)56-43-41(49)39(47)38(46)40(48)42(43)50)55-37(45)32-30-28-26-24-22-19-16-14-12-10-8-6-4-2/h13,15,17-19,22,35,38-43,46-50H,3-12,14,16,20-21,23-34H2,1-2H3,(H,51,52)/b15-13+,18-17+,22-19+/t35-,38?,39-,40?,41?,42?,43?/m0/s1. The lowest BCUT2D eigenvalue weighted by atomic mass is 9.85. The number of carbonyl (C=O) groups is 2. The van der Waals surface area contributed by atoms with Gasteiger partial charge in [0.05, 0.1) is 6.61 Å². The molecule has 1 rings (SSSR count). The van der Waals surface area contributed by atoms with E-state index in [0.29, 0.717) is 12.8 Å². The van der Waals surface area contributed by atoms with Crippen LogP contribution in [0.1, 0.15) is 168 Å². The van der Waals surface area contributed by atoms with E-state index in [-0.39, 0.29) is 12.8 Å². The van der Waals surface area contributed by atoms with Crippen molar-refractivity contribution >= 4 is 19.8 Å². The monoisotopic (exact) mass is 833 g/mol. The van der Waals surface area contributed by atoms with E-state index < -0.39 is 75.7 Å². The van der Waals surface area contributed by atoms with Crippen LogP contribution in [0.15, 0.2) is 36.5 Å². The number of carbonyl (C=O) groups excluding carboxylic acids is 2. The van der Waals surface area contributed by atoms with E-state index in [9.17, 15) is 44.6 Å². The number of hydrogen-bond acceptors (Lipinski definition) is 12. The third kappa shape index (κ3) is 26.7. The van der Waals surface area contributed by atoms with Crippen molar-refractivity contribution in [2.75, 3.05) is 13.2 Å². The number of allylic oxidation sites excluding steroid dienone is 6. The molecule has 6 unspecified atom stereocenters. The largest absolute Gasteiger partial charge is 0.472 e. The van der Waals surface area contributed by atoms with E-state index in [2.05, 4.69) is 50.3 Å². The number of ether oxygens (including phenoxy) is 2. The van der Waals surface area contributed by atoms with Crippen molar-refractivity contribution in [2.24, 2.45) is 0 Å². The summed E-state index contributed by atoms with van der Waals surface area (Å²) in [5.41, 5.74) is 0. The molecule has 6 N–H and O–H groups in total. The van der Waals surface area contributed by atoms with Crippen LogP contribution in [0.5, 0.6) is 0 Å². The van der Waals surface area contributed by atoms with Gasteiger partial charge >= 0.3 is 19.8 Å². The topological polar surface area (TPSA) is 210 Å². The number of esters is 2. The summed E-state index contributed by atoms with van der Waals surface area (Å²) >= 11 is 0. The molecule has 0 saturated heterocycles. The summed E-state index contributed by atoms with van der Waals surface area (Å²) < 4.78 is 33.4. The van der Waals surface area contributed by atoms with E-state index in [1.54, 1.807) is 0 Å². The zero-order chi connectivity index (χ0) is 42.2. The van der Waals surface area contributed by atoms with Crippen LogP contribution in [0.4, 0.5) is 0 Å². The van der Waals surface area contributed by atoms with Crippen molar-refractivity contribution in [3.63, 3.8) is 0 Å². The second-order valence-corrected chi connectivity index (χ2v) is 16.6. The van der Waals surface area contributed by atoms with Crippen LogP contribution in [-0.4, -0.2) is 98.3 Å². The molecule has 0 aliphatic heterocycles. The quantitative estimate of drug-likeness (QED) is 0.0118. The lowest BCUT2D eigenvalue weighted by Crippen LogP contribution is -2.64. The molecule has 0 bridgehead atoms. The molecule has 0 amide bonds. The third-order valence-electron chi connectivity index (χ3n) is 9.98. The maximum atomic E-state index is 12.8. The van der Waals surface area contributed by atoms with Gasteiger partial charge in [-0.05, 0) is 64.2 Å². The van der Waals surface area contributed by atoms with E-state index in [1.807, 2.05) is 0 Å². The Bertz CT molecular complexity index is 1150. The van der Waals surface area contributed by atoms with Crippen molar-refractivity contribution in [3.05, 3.63) is 36.5 Å². The molecule has 0 aromatic heterocycles. The van der Waals surface area contributed by atoms with Crippen molar-refractivity contribution in [3.8, 4) is 0 Å². The van der Waals surface area contributed by atoms with Gasteiger partial charge in [0.2, 0.25) is 0 Å². The van der Waals surface area contributed by atoms with Gasteiger partial charge in [0.15, 0.2) is 6.10 Å². The Hall–Kier alpha value is -1.93. The van der Waals surface area contributed by atoms with Gasteiger partial charge in [-0.15, -0.1) is 0 Å². The van der Waals surface area contributed by atoms with Gasteiger partial charge in [0, 0.05) is 12.8 Å². The molecule has 0 aromatic carbocycles. The molecule has 13 nitrogen and oxygen atoms in total. The molecular weight excluding hydrogens is 755 g/mol. The zero-order valence-electron chi connectivity index (χ0n) is 34.9. The minimum atomic E-state index is -5.12. The van der Waals surface area contributed by atoms with Crippen molar-refractivity contribution in [2.45, 2.75) is 211 Å². The van der Waals surface area contributed by atoms with Crippen molar-refractivity contribution in [1.29, 1.82) is 0 Å². The number of phosphoric acid groups is 1. The van der Waals surface area contributed by atoms with Gasteiger partial charge in [-0.2, -0.15) is 0 Å². The lowest BCUT2D eigenvalue weighted by Gasteiger charge is -2.41. The Morgan fingerprint density at radius 2 is 0.947 bits per heavy atom. The van der Waals surface area contributed by atoms with E-state index in [4.69, 9.17) is 18.5 Å². The van der Waals surface area contributed by atoms with E-state index >= 15 is 0 Å². The normalized spacial score (nSPS) is 23.0. The second kappa shape index (κ2) is 33.9. The molecular formula is C43H77O13P. The number of rotatable bonds is 35. The van der Waals surface area contributed by atoms with Gasteiger partial charge < -0.3 is 39.9 Å². The smallest absolute Gasteiger partial charge is 0.462 e. The fraction of sp³-hybridized carbons (Fsp3) is 0.814. The van der Waals surface area contributed by atoms with Gasteiger partial charge in [-0.1, -0.05) is 127 Å². The molecule has 0 radical (unpaired) electrons.